The summed E-state index contributed by atoms with van der Waals surface area (Å²) < 4.78 is 35.0. The SMILES string of the molecule is CS(=O)(=O)c1ccc2c(c1)CCN2C(=O)COc1cc(Cl)cc(Oc2cc(Cl)cc(C#N)c2)c1. The summed E-state index contributed by atoms with van der Waals surface area (Å²) in [5, 5.41) is 9.78. The summed E-state index contributed by atoms with van der Waals surface area (Å²) in [5.74, 6) is 0.753. The third kappa shape index (κ3) is 5.45. The first-order valence-electron chi connectivity index (χ1n) is 10.1. The number of nitrogens with zero attached hydrogens (tertiary/aromatic N) is 2. The van der Waals surface area contributed by atoms with E-state index in [4.69, 9.17) is 37.9 Å². The number of nitriles is 1. The first-order chi connectivity index (χ1) is 16.1. The highest BCUT2D eigenvalue weighted by Gasteiger charge is 2.26. The number of fused-ring (bicyclic) bond motifs is 1. The molecule has 0 bridgehead atoms. The van der Waals surface area contributed by atoms with Crippen molar-refractivity contribution in [2.45, 2.75) is 11.3 Å². The zero-order valence-electron chi connectivity index (χ0n) is 17.9. The summed E-state index contributed by atoms with van der Waals surface area (Å²) in [6.45, 7) is 0.188. The number of benzene rings is 3. The normalized spacial score (nSPS) is 12.7. The summed E-state index contributed by atoms with van der Waals surface area (Å²) >= 11 is 12.2. The lowest BCUT2D eigenvalue weighted by atomic mass is 10.2. The average molecular weight is 517 g/mol. The van der Waals surface area contributed by atoms with Gasteiger partial charge in [-0.15, -0.1) is 0 Å². The first kappa shape index (κ1) is 23.9. The fourth-order valence-electron chi connectivity index (χ4n) is 3.59. The van der Waals surface area contributed by atoms with Gasteiger partial charge in [-0.05, 0) is 60.5 Å². The minimum Gasteiger partial charge on any atom is -0.484 e. The third-order valence-electron chi connectivity index (χ3n) is 5.12. The van der Waals surface area contributed by atoms with Crippen molar-refractivity contribution in [1.82, 2.24) is 0 Å². The summed E-state index contributed by atoms with van der Waals surface area (Å²) in [5.41, 5.74) is 1.82. The van der Waals surface area contributed by atoms with E-state index >= 15 is 0 Å². The summed E-state index contributed by atoms with van der Waals surface area (Å²) in [6, 6.07) is 16.1. The van der Waals surface area contributed by atoms with E-state index < -0.39 is 9.84 Å². The molecule has 0 unspecified atom stereocenters. The van der Waals surface area contributed by atoms with E-state index in [9.17, 15) is 13.2 Å². The molecule has 0 saturated carbocycles. The van der Waals surface area contributed by atoms with E-state index in [1.165, 1.54) is 18.2 Å². The molecule has 4 rings (SSSR count). The molecule has 0 N–H and O–H groups in total. The summed E-state index contributed by atoms with van der Waals surface area (Å²) in [4.78, 5) is 14.6. The van der Waals surface area contributed by atoms with Crippen LogP contribution < -0.4 is 14.4 Å². The molecule has 1 aliphatic rings. The highest BCUT2D eigenvalue weighted by molar-refractivity contribution is 7.90. The molecule has 174 valence electrons. The second-order valence-corrected chi connectivity index (χ2v) is 10.5. The van der Waals surface area contributed by atoms with Gasteiger partial charge in [0.25, 0.3) is 5.91 Å². The Kier molecular flexibility index (Phi) is 6.71. The third-order valence-corrected chi connectivity index (χ3v) is 6.67. The summed E-state index contributed by atoms with van der Waals surface area (Å²) in [6.07, 6.45) is 1.71. The lowest BCUT2D eigenvalue weighted by molar-refractivity contribution is -0.120. The number of carbonyl (C=O) groups is 1. The van der Waals surface area contributed by atoms with Gasteiger partial charge in [0.05, 0.1) is 16.5 Å². The Bertz CT molecular complexity index is 1430. The molecule has 1 amide bonds. The Balaban J connectivity index is 1.46. The molecule has 0 spiro atoms. The maximum Gasteiger partial charge on any atom is 0.264 e. The van der Waals surface area contributed by atoms with Crippen molar-refractivity contribution in [1.29, 1.82) is 5.26 Å². The van der Waals surface area contributed by atoms with Crippen LogP contribution in [-0.4, -0.2) is 33.7 Å². The van der Waals surface area contributed by atoms with Crippen LogP contribution in [0, 0.1) is 11.3 Å². The Hall–Kier alpha value is -3.25. The molecule has 0 atom stereocenters. The molecule has 0 fully saturated rings. The molecule has 3 aromatic rings. The molecule has 0 aliphatic carbocycles. The maximum absolute atomic E-state index is 12.8. The Morgan fingerprint density at radius 2 is 1.71 bits per heavy atom. The fraction of sp³-hybridized carbons (Fsp3) is 0.167. The number of halogens is 2. The molecule has 1 heterocycles. The van der Waals surface area contributed by atoms with Crippen molar-refractivity contribution in [3.8, 4) is 23.3 Å². The molecular weight excluding hydrogens is 499 g/mol. The quantitative estimate of drug-likeness (QED) is 0.455. The van der Waals surface area contributed by atoms with Crippen molar-refractivity contribution in [3.63, 3.8) is 0 Å². The number of hydrogen-bond acceptors (Lipinski definition) is 6. The monoisotopic (exact) mass is 516 g/mol. The van der Waals surface area contributed by atoms with Gasteiger partial charge in [-0.2, -0.15) is 5.26 Å². The lowest BCUT2D eigenvalue weighted by Gasteiger charge is -2.18. The zero-order valence-corrected chi connectivity index (χ0v) is 20.2. The number of ether oxygens (including phenoxy) is 2. The van der Waals surface area contributed by atoms with Crippen molar-refractivity contribution in [2.24, 2.45) is 0 Å². The van der Waals surface area contributed by atoms with E-state index in [-0.39, 0.29) is 17.4 Å². The molecule has 34 heavy (non-hydrogen) atoms. The number of carbonyl (C=O) groups excluding carboxylic acids is 1. The van der Waals surface area contributed by atoms with Crippen LogP contribution in [0.25, 0.3) is 0 Å². The smallest absolute Gasteiger partial charge is 0.264 e. The number of rotatable bonds is 6. The Morgan fingerprint density at radius 1 is 1.03 bits per heavy atom. The van der Waals surface area contributed by atoms with Gasteiger partial charge in [-0.1, -0.05) is 23.2 Å². The van der Waals surface area contributed by atoms with Crippen molar-refractivity contribution >= 4 is 44.6 Å². The number of amides is 1. The van der Waals surface area contributed by atoms with E-state index in [1.807, 2.05) is 6.07 Å². The van der Waals surface area contributed by atoms with Crippen molar-refractivity contribution in [2.75, 3.05) is 24.3 Å². The predicted molar refractivity (Wildman–Crippen MR) is 129 cm³/mol. The first-order valence-corrected chi connectivity index (χ1v) is 12.7. The molecule has 0 aromatic heterocycles. The van der Waals surface area contributed by atoms with Gasteiger partial charge < -0.3 is 14.4 Å². The molecular formula is C24H18Cl2N2O5S. The average Bonchev–Trinajstić information content (AvgIpc) is 3.19. The van der Waals surface area contributed by atoms with Crippen LogP contribution >= 0.6 is 23.2 Å². The molecule has 3 aromatic carbocycles. The minimum absolute atomic E-state index is 0.227. The van der Waals surface area contributed by atoms with Gasteiger partial charge in [0.15, 0.2) is 16.4 Å². The highest BCUT2D eigenvalue weighted by Crippen LogP contribution is 2.33. The molecule has 1 aliphatic heterocycles. The van der Waals surface area contributed by atoms with Crippen molar-refractivity contribution < 1.29 is 22.7 Å². The second kappa shape index (κ2) is 9.55. The Morgan fingerprint density at radius 3 is 2.41 bits per heavy atom. The summed E-state index contributed by atoms with van der Waals surface area (Å²) in [7, 11) is -3.32. The topological polar surface area (TPSA) is 96.7 Å². The van der Waals surface area contributed by atoms with Gasteiger partial charge >= 0.3 is 0 Å². The predicted octanol–water partition coefficient (Wildman–Crippen LogP) is 5.03. The van der Waals surface area contributed by atoms with Crippen LogP contribution in [0.5, 0.6) is 17.2 Å². The minimum atomic E-state index is -3.32. The maximum atomic E-state index is 12.8. The molecule has 0 saturated heterocycles. The molecule has 10 heteroatoms. The Labute approximate surface area is 207 Å². The van der Waals surface area contributed by atoms with Gasteiger partial charge in [-0.25, -0.2) is 8.42 Å². The van der Waals surface area contributed by atoms with Crippen LogP contribution in [0.4, 0.5) is 5.69 Å². The number of sulfone groups is 1. The van der Waals surface area contributed by atoms with Gasteiger partial charge in [0.2, 0.25) is 0 Å². The molecule has 0 radical (unpaired) electrons. The highest BCUT2D eigenvalue weighted by atomic mass is 35.5. The van der Waals surface area contributed by atoms with Crippen LogP contribution in [0.1, 0.15) is 11.1 Å². The van der Waals surface area contributed by atoms with Crippen LogP contribution in [-0.2, 0) is 21.1 Å². The second-order valence-electron chi connectivity index (χ2n) is 7.66. The van der Waals surface area contributed by atoms with E-state index in [0.717, 1.165) is 11.8 Å². The van der Waals surface area contributed by atoms with Crippen LogP contribution in [0.2, 0.25) is 10.0 Å². The van der Waals surface area contributed by atoms with E-state index in [0.29, 0.717) is 51.5 Å². The lowest BCUT2D eigenvalue weighted by Crippen LogP contribution is -2.33. The van der Waals surface area contributed by atoms with Crippen LogP contribution in [0.3, 0.4) is 0 Å². The zero-order chi connectivity index (χ0) is 24.5. The largest absolute Gasteiger partial charge is 0.484 e. The van der Waals surface area contributed by atoms with Gasteiger partial charge in [-0.3, -0.25) is 4.79 Å². The van der Waals surface area contributed by atoms with E-state index in [2.05, 4.69) is 0 Å². The fourth-order valence-corrected chi connectivity index (χ4v) is 4.70. The van der Waals surface area contributed by atoms with Gasteiger partial charge in [0.1, 0.15) is 17.2 Å². The standard InChI is InChI=1S/C24H18Cl2N2O5S/c1-34(30,31)22-2-3-23-16(8-22)4-5-28(23)24(29)14-32-19-9-18(26)11-21(12-19)33-20-7-15(13-27)6-17(25)10-20/h2-3,6-12H,4-5,14H2,1H3. The van der Waals surface area contributed by atoms with Gasteiger partial charge in [0, 0.05) is 34.6 Å². The molecule has 7 nitrogen and oxygen atoms in total. The number of hydrogen-bond donors (Lipinski definition) is 0. The van der Waals surface area contributed by atoms with E-state index in [1.54, 1.807) is 41.3 Å². The van der Waals surface area contributed by atoms with Crippen molar-refractivity contribution in [3.05, 3.63) is 75.8 Å². The number of anilines is 1. The van der Waals surface area contributed by atoms with Crippen LogP contribution in [0.15, 0.2) is 59.5 Å².